The minimum Gasteiger partial charge on any atom is -0.301 e. The van der Waals surface area contributed by atoms with E-state index >= 15 is 0 Å². The highest BCUT2D eigenvalue weighted by atomic mass is 16.6. The zero-order valence-corrected chi connectivity index (χ0v) is 7.76. The van der Waals surface area contributed by atoms with E-state index in [1.807, 2.05) is 0 Å². The summed E-state index contributed by atoms with van der Waals surface area (Å²) in [6.07, 6.45) is 4.07. The van der Waals surface area contributed by atoms with Gasteiger partial charge in [0, 0.05) is 0 Å². The molecule has 0 radical (unpaired) electrons. The maximum atomic E-state index is 5.14. The third kappa shape index (κ3) is 2.17. The Bertz CT molecular complexity index is 134. The van der Waals surface area contributed by atoms with Gasteiger partial charge in [-0.1, -0.05) is 13.8 Å². The summed E-state index contributed by atoms with van der Waals surface area (Å²) in [6, 6.07) is 0. The SMILES string of the molecule is CC(ON)C1CCC(C)(C)C1. The summed E-state index contributed by atoms with van der Waals surface area (Å²) in [5, 5.41) is 0. The Balaban J connectivity index is 2.41. The van der Waals surface area contributed by atoms with Gasteiger partial charge >= 0.3 is 0 Å². The van der Waals surface area contributed by atoms with Gasteiger partial charge in [-0.05, 0) is 37.5 Å². The summed E-state index contributed by atoms with van der Waals surface area (Å²) in [5.74, 6) is 5.82. The Morgan fingerprint density at radius 2 is 2.18 bits per heavy atom. The van der Waals surface area contributed by atoms with E-state index in [0.29, 0.717) is 11.3 Å². The van der Waals surface area contributed by atoms with Crippen LogP contribution in [0.25, 0.3) is 0 Å². The van der Waals surface area contributed by atoms with Crippen LogP contribution in [0.3, 0.4) is 0 Å². The van der Waals surface area contributed by atoms with E-state index in [1.54, 1.807) is 0 Å². The van der Waals surface area contributed by atoms with Crippen LogP contribution < -0.4 is 5.90 Å². The lowest BCUT2D eigenvalue weighted by atomic mass is 9.89. The van der Waals surface area contributed by atoms with Crippen LogP contribution in [0, 0.1) is 11.3 Å². The summed E-state index contributed by atoms with van der Waals surface area (Å²) in [4.78, 5) is 4.83. The van der Waals surface area contributed by atoms with E-state index in [9.17, 15) is 0 Å². The fourth-order valence-corrected chi connectivity index (χ4v) is 2.00. The van der Waals surface area contributed by atoms with Crippen molar-refractivity contribution in [3.63, 3.8) is 0 Å². The van der Waals surface area contributed by atoms with Crippen LogP contribution >= 0.6 is 0 Å². The molecule has 0 aromatic heterocycles. The van der Waals surface area contributed by atoms with E-state index in [-0.39, 0.29) is 6.10 Å². The normalized spacial score (nSPS) is 32.2. The van der Waals surface area contributed by atoms with E-state index < -0.39 is 0 Å². The van der Waals surface area contributed by atoms with Crippen LogP contribution in [0.4, 0.5) is 0 Å². The summed E-state index contributed by atoms with van der Waals surface area (Å²) >= 11 is 0. The summed E-state index contributed by atoms with van der Waals surface area (Å²) < 4.78 is 0. The second-order valence-electron chi connectivity index (χ2n) is 4.51. The van der Waals surface area contributed by atoms with Crippen molar-refractivity contribution in [3.05, 3.63) is 0 Å². The van der Waals surface area contributed by atoms with Gasteiger partial charge in [0.15, 0.2) is 0 Å². The summed E-state index contributed by atoms with van der Waals surface area (Å²) in [5.41, 5.74) is 0.511. The molecule has 0 aromatic carbocycles. The van der Waals surface area contributed by atoms with Crippen molar-refractivity contribution in [2.75, 3.05) is 0 Å². The highest BCUT2D eigenvalue weighted by molar-refractivity contribution is 4.84. The predicted octanol–water partition coefficient (Wildman–Crippen LogP) is 2.09. The maximum absolute atomic E-state index is 5.14. The Kier molecular flexibility index (Phi) is 2.55. The van der Waals surface area contributed by atoms with Crippen LogP contribution in [0.2, 0.25) is 0 Å². The molecule has 2 atom stereocenters. The van der Waals surface area contributed by atoms with Crippen LogP contribution in [-0.4, -0.2) is 6.10 Å². The van der Waals surface area contributed by atoms with Gasteiger partial charge in [-0.3, -0.25) is 0 Å². The van der Waals surface area contributed by atoms with Gasteiger partial charge in [0.2, 0.25) is 0 Å². The van der Waals surface area contributed by atoms with Crippen molar-refractivity contribution in [1.82, 2.24) is 0 Å². The highest BCUT2D eigenvalue weighted by Crippen LogP contribution is 2.42. The van der Waals surface area contributed by atoms with Gasteiger partial charge in [-0.25, -0.2) is 5.90 Å². The largest absolute Gasteiger partial charge is 0.301 e. The lowest BCUT2D eigenvalue weighted by Gasteiger charge is -2.20. The zero-order valence-electron chi connectivity index (χ0n) is 7.76. The third-order valence-electron chi connectivity index (χ3n) is 2.89. The molecule has 0 heterocycles. The van der Waals surface area contributed by atoms with Gasteiger partial charge in [-0.15, -0.1) is 0 Å². The summed E-state index contributed by atoms with van der Waals surface area (Å²) in [7, 11) is 0. The predicted molar refractivity (Wildman–Crippen MR) is 45.9 cm³/mol. The smallest absolute Gasteiger partial charge is 0.0787 e. The molecule has 0 aromatic rings. The molecule has 0 spiro atoms. The first-order valence-corrected chi connectivity index (χ1v) is 4.41. The fraction of sp³-hybridized carbons (Fsp3) is 1.00. The molecule has 1 aliphatic rings. The lowest BCUT2D eigenvalue weighted by molar-refractivity contribution is 0.0232. The molecule has 0 aliphatic heterocycles. The molecule has 2 nitrogen and oxygen atoms in total. The minimum absolute atomic E-state index is 0.233. The third-order valence-corrected chi connectivity index (χ3v) is 2.89. The van der Waals surface area contributed by atoms with Crippen molar-refractivity contribution in [3.8, 4) is 0 Å². The van der Waals surface area contributed by atoms with E-state index in [4.69, 9.17) is 10.7 Å². The second-order valence-corrected chi connectivity index (χ2v) is 4.51. The van der Waals surface area contributed by atoms with Gasteiger partial charge in [0.05, 0.1) is 6.10 Å². The molecule has 2 heteroatoms. The average molecular weight is 157 g/mol. The van der Waals surface area contributed by atoms with Gasteiger partial charge in [0.25, 0.3) is 0 Å². The number of rotatable bonds is 2. The Morgan fingerprint density at radius 3 is 2.55 bits per heavy atom. The van der Waals surface area contributed by atoms with Crippen molar-refractivity contribution < 1.29 is 4.84 Å². The lowest BCUT2D eigenvalue weighted by Crippen LogP contribution is -2.22. The van der Waals surface area contributed by atoms with Crippen molar-refractivity contribution in [2.45, 2.75) is 46.1 Å². The standard InChI is InChI=1S/C9H19NO/c1-7(11-10)8-4-5-9(2,3)6-8/h7-8H,4-6,10H2,1-3H3. The maximum Gasteiger partial charge on any atom is 0.0787 e. The minimum atomic E-state index is 0.233. The molecular weight excluding hydrogens is 138 g/mol. The molecule has 11 heavy (non-hydrogen) atoms. The highest BCUT2D eigenvalue weighted by Gasteiger charge is 2.33. The van der Waals surface area contributed by atoms with Gasteiger partial charge in [-0.2, -0.15) is 0 Å². The first kappa shape index (κ1) is 9.01. The molecule has 0 saturated heterocycles. The van der Waals surface area contributed by atoms with Crippen LogP contribution in [0.15, 0.2) is 0 Å². The van der Waals surface area contributed by atoms with E-state index in [2.05, 4.69) is 20.8 Å². The molecule has 66 valence electrons. The van der Waals surface area contributed by atoms with Gasteiger partial charge in [0.1, 0.15) is 0 Å². The number of nitrogens with two attached hydrogens (primary N) is 1. The number of hydrogen-bond donors (Lipinski definition) is 1. The van der Waals surface area contributed by atoms with Crippen LogP contribution in [0.5, 0.6) is 0 Å². The van der Waals surface area contributed by atoms with Crippen molar-refractivity contribution in [2.24, 2.45) is 17.2 Å². The Hall–Kier alpha value is -0.0800. The topological polar surface area (TPSA) is 35.2 Å². The molecular formula is C9H19NO. The second kappa shape index (κ2) is 3.11. The molecule has 1 aliphatic carbocycles. The van der Waals surface area contributed by atoms with Gasteiger partial charge < -0.3 is 4.84 Å². The number of hydrogen-bond acceptors (Lipinski definition) is 2. The van der Waals surface area contributed by atoms with Crippen LogP contribution in [0.1, 0.15) is 40.0 Å². The first-order chi connectivity index (χ1) is 5.05. The molecule has 0 bridgehead atoms. The monoisotopic (exact) mass is 157 g/mol. The molecule has 1 saturated carbocycles. The Labute approximate surface area is 69.1 Å². The van der Waals surface area contributed by atoms with Crippen molar-refractivity contribution >= 4 is 0 Å². The zero-order chi connectivity index (χ0) is 8.48. The molecule has 0 amide bonds. The molecule has 1 rings (SSSR count). The average Bonchev–Trinajstić information content (AvgIpc) is 2.29. The summed E-state index contributed by atoms with van der Waals surface area (Å²) in [6.45, 7) is 6.69. The first-order valence-electron chi connectivity index (χ1n) is 4.41. The van der Waals surface area contributed by atoms with Crippen LogP contribution in [-0.2, 0) is 4.84 Å². The molecule has 2 N–H and O–H groups in total. The van der Waals surface area contributed by atoms with Crippen molar-refractivity contribution in [1.29, 1.82) is 0 Å². The quantitative estimate of drug-likeness (QED) is 0.623. The van der Waals surface area contributed by atoms with E-state index in [0.717, 1.165) is 0 Å². The Morgan fingerprint density at radius 1 is 1.55 bits per heavy atom. The molecule has 1 fully saturated rings. The van der Waals surface area contributed by atoms with E-state index in [1.165, 1.54) is 19.3 Å². The molecule has 2 unspecified atom stereocenters. The fourth-order valence-electron chi connectivity index (χ4n) is 2.00.